The van der Waals surface area contributed by atoms with E-state index in [0.29, 0.717) is 39.5 Å². The van der Waals surface area contributed by atoms with Crippen molar-refractivity contribution in [1.29, 1.82) is 0 Å². The van der Waals surface area contributed by atoms with Gasteiger partial charge in [0.05, 0.1) is 6.67 Å². The van der Waals surface area contributed by atoms with E-state index in [1.54, 1.807) is 17.0 Å². The van der Waals surface area contributed by atoms with E-state index < -0.39 is 17.7 Å². The van der Waals surface area contributed by atoms with E-state index >= 15 is 0 Å². The van der Waals surface area contributed by atoms with Gasteiger partial charge in [0, 0.05) is 46.5 Å². The van der Waals surface area contributed by atoms with Gasteiger partial charge in [-0.05, 0) is 26.7 Å². The first-order valence-corrected chi connectivity index (χ1v) is 10.9. The number of rotatable bonds is 4. The number of ether oxygens (including phenoxy) is 1. The highest BCUT2D eigenvalue weighted by atomic mass is 16.6. The molecule has 10 heteroatoms. The molecule has 3 heterocycles. The monoisotopic (exact) mass is 436 g/mol. The zero-order valence-electron chi connectivity index (χ0n) is 19.8. The van der Waals surface area contributed by atoms with Crippen LogP contribution in [0.5, 0.6) is 0 Å². The molecule has 0 N–H and O–H groups in total. The zero-order valence-corrected chi connectivity index (χ0v) is 19.8. The summed E-state index contributed by atoms with van der Waals surface area (Å²) in [7, 11) is 3.57. The van der Waals surface area contributed by atoms with E-state index in [1.165, 1.54) is 4.90 Å². The second-order valence-corrected chi connectivity index (χ2v) is 9.86. The minimum Gasteiger partial charge on any atom is -0.444 e. The summed E-state index contributed by atoms with van der Waals surface area (Å²) < 4.78 is 5.46. The van der Waals surface area contributed by atoms with Crippen molar-refractivity contribution in [2.24, 2.45) is 5.92 Å². The third kappa shape index (κ3) is 4.89. The van der Waals surface area contributed by atoms with Gasteiger partial charge in [0.2, 0.25) is 5.91 Å². The summed E-state index contributed by atoms with van der Waals surface area (Å²) in [6, 6.07) is -0.596. The van der Waals surface area contributed by atoms with Gasteiger partial charge in [0.15, 0.2) is 0 Å². The highest BCUT2D eigenvalue weighted by molar-refractivity contribution is 5.94. The van der Waals surface area contributed by atoms with E-state index in [-0.39, 0.29) is 17.7 Å². The summed E-state index contributed by atoms with van der Waals surface area (Å²) in [5, 5.41) is 3.79. The predicted molar refractivity (Wildman–Crippen MR) is 115 cm³/mol. The minimum atomic E-state index is -0.623. The Hall–Kier alpha value is -2.49. The van der Waals surface area contributed by atoms with Crippen LogP contribution in [0, 0.1) is 5.92 Å². The van der Waals surface area contributed by atoms with Crippen LogP contribution in [-0.4, -0.2) is 113 Å². The lowest BCUT2D eigenvalue weighted by Crippen LogP contribution is -2.59. The average Bonchev–Trinajstić information content (AvgIpc) is 3.17. The van der Waals surface area contributed by atoms with Crippen molar-refractivity contribution >= 4 is 17.9 Å². The number of carbonyl (C=O) groups excluding carboxylic acids is 3. The smallest absolute Gasteiger partial charge is 0.410 e. The average molecular weight is 437 g/mol. The first-order valence-electron chi connectivity index (χ1n) is 10.9. The fourth-order valence-corrected chi connectivity index (χ4v) is 4.25. The summed E-state index contributed by atoms with van der Waals surface area (Å²) >= 11 is 0. The summed E-state index contributed by atoms with van der Waals surface area (Å²) in [5.74, 6) is -0.131. The topological polar surface area (TPSA) is 79.9 Å². The second-order valence-electron chi connectivity index (χ2n) is 9.86. The molecule has 174 valence electrons. The Morgan fingerprint density at radius 2 is 1.71 bits per heavy atom. The van der Waals surface area contributed by atoms with Crippen LogP contribution in [0.25, 0.3) is 0 Å². The minimum absolute atomic E-state index is 0.00819. The molecule has 0 aliphatic carbocycles. The summed E-state index contributed by atoms with van der Waals surface area (Å²) in [5.41, 5.74) is 0.0995. The first kappa shape index (κ1) is 23.2. The third-order valence-electron chi connectivity index (χ3n) is 5.73. The maximum atomic E-state index is 13.3. The largest absolute Gasteiger partial charge is 0.444 e. The van der Waals surface area contributed by atoms with Crippen molar-refractivity contribution in [3.63, 3.8) is 0 Å². The van der Waals surface area contributed by atoms with Crippen molar-refractivity contribution in [2.75, 3.05) is 53.6 Å². The van der Waals surface area contributed by atoms with Crippen LogP contribution in [0.15, 0.2) is 11.9 Å². The molecule has 31 heavy (non-hydrogen) atoms. The highest BCUT2D eigenvalue weighted by Crippen LogP contribution is 2.26. The van der Waals surface area contributed by atoms with Crippen LogP contribution in [0.4, 0.5) is 4.79 Å². The van der Waals surface area contributed by atoms with Gasteiger partial charge >= 0.3 is 6.09 Å². The maximum absolute atomic E-state index is 13.3. The molecule has 1 atom stereocenters. The Morgan fingerprint density at radius 3 is 2.23 bits per heavy atom. The van der Waals surface area contributed by atoms with Crippen molar-refractivity contribution in [3.05, 3.63) is 11.9 Å². The standard InChI is InChI=1S/C21H36N6O4/c1-15(2)17(23(7)20(30)31-21(3,4)5)19(29)24-8-10-26(11-9-24)27-14-25-13-22(6)12-16(25)18(27)28/h12,15,17H,8-11,13-14H2,1-7H3/t17-/m1/s1. The number of nitrogens with zero attached hydrogens (tertiary/aromatic N) is 6. The molecule has 0 spiro atoms. The third-order valence-corrected chi connectivity index (χ3v) is 5.73. The molecule has 10 nitrogen and oxygen atoms in total. The number of fused-ring (bicyclic) bond motifs is 1. The molecule has 3 aliphatic rings. The molecule has 3 aliphatic heterocycles. The summed E-state index contributed by atoms with van der Waals surface area (Å²) in [6.07, 6.45) is 1.38. The fourth-order valence-electron chi connectivity index (χ4n) is 4.25. The molecular weight excluding hydrogens is 400 g/mol. The molecule has 0 radical (unpaired) electrons. The number of amides is 3. The Labute approximate surface area is 184 Å². The van der Waals surface area contributed by atoms with E-state index in [2.05, 4.69) is 0 Å². The molecule has 0 bridgehead atoms. The van der Waals surface area contributed by atoms with Gasteiger partial charge in [-0.2, -0.15) is 0 Å². The van der Waals surface area contributed by atoms with Gasteiger partial charge in [0.1, 0.15) is 24.0 Å². The van der Waals surface area contributed by atoms with Crippen molar-refractivity contribution in [2.45, 2.75) is 46.3 Å². The second kappa shape index (κ2) is 8.57. The predicted octanol–water partition coefficient (Wildman–Crippen LogP) is 0.783. The summed E-state index contributed by atoms with van der Waals surface area (Å²) in [4.78, 5) is 45.8. The van der Waals surface area contributed by atoms with Gasteiger partial charge in [0.25, 0.3) is 5.91 Å². The van der Waals surface area contributed by atoms with Crippen LogP contribution >= 0.6 is 0 Å². The number of likely N-dealkylation sites (N-methyl/N-ethyl adjacent to an activating group) is 1. The van der Waals surface area contributed by atoms with Gasteiger partial charge in [-0.25, -0.2) is 14.8 Å². The van der Waals surface area contributed by atoms with E-state index in [1.807, 2.05) is 62.7 Å². The fraction of sp³-hybridized carbons (Fsp3) is 0.762. The lowest BCUT2D eigenvalue weighted by atomic mass is 10.0. The van der Waals surface area contributed by atoms with Crippen molar-refractivity contribution in [3.8, 4) is 0 Å². The Kier molecular flexibility index (Phi) is 6.40. The lowest BCUT2D eigenvalue weighted by molar-refractivity contribution is -0.151. The SMILES string of the molecule is CC(C)[C@H](C(=O)N1CCN(N2CN3CN(C)C=C3C2=O)CC1)N(C)C(=O)OC(C)(C)C. The van der Waals surface area contributed by atoms with E-state index in [4.69, 9.17) is 4.74 Å². The zero-order chi connectivity index (χ0) is 23.1. The van der Waals surface area contributed by atoms with E-state index in [0.717, 1.165) is 5.70 Å². The number of hydrogen-bond donors (Lipinski definition) is 0. The molecule has 2 saturated heterocycles. The molecule has 0 aromatic heterocycles. The Bertz CT molecular complexity index is 753. The van der Waals surface area contributed by atoms with Crippen LogP contribution in [0.2, 0.25) is 0 Å². The van der Waals surface area contributed by atoms with Crippen LogP contribution in [0.3, 0.4) is 0 Å². The maximum Gasteiger partial charge on any atom is 0.410 e. The van der Waals surface area contributed by atoms with Crippen molar-refractivity contribution in [1.82, 2.24) is 29.6 Å². The van der Waals surface area contributed by atoms with Crippen LogP contribution in [-0.2, 0) is 14.3 Å². The van der Waals surface area contributed by atoms with Gasteiger partial charge in [-0.1, -0.05) is 13.8 Å². The molecule has 0 unspecified atom stereocenters. The van der Waals surface area contributed by atoms with Crippen LogP contribution in [0.1, 0.15) is 34.6 Å². The first-order chi connectivity index (χ1) is 14.4. The molecule has 0 saturated carbocycles. The number of carbonyl (C=O) groups is 3. The van der Waals surface area contributed by atoms with Gasteiger partial charge < -0.3 is 19.4 Å². The van der Waals surface area contributed by atoms with Crippen LogP contribution < -0.4 is 0 Å². The molecule has 0 aromatic rings. The summed E-state index contributed by atoms with van der Waals surface area (Å²) in [6.45, 7) is 12.7. The normalized spacial score (nSPS) is 20.9. The Morgan fingerprint density at radius 1 is 1.10 bits per heavy atom. The number of piperazine rings is 1. The van der Waals surface area contributed by atoms with Gasteiger partial charge in [-0.3, -0.25) is 14.5 Å². The molecule has 2 fully saturated rings. The molecule has 3 amide bonds. The number of hydrazine groups is 1. The van der Waals surface area contributed by atoms with Gasteiger partial charge in [-0.15, -0.1) is 0 Å². The molecule has 3 rings (SSSR count). The van der Waals surface area contributed by atoms with Crippen molar-refractivity contribution < 1.29 is 19.1 Å². The number of hydrogen-bond acceptors (Lipinski definition) is 7. The molecular formula is C21H36N6O4. The lowest BCUT2D eigenvalue weighted by Gasteiger charge is -2.41. The Balaban J connectivity index is 1.60. The molecule has 0 aromatic carbocycles. The quantitative estimate of drug-likeness (QED) is 0.644. The van der Waals surface area contributed by atoms with E-state index in [9.17, 15) is 14.4 Å². The highest BCUT2D eigenvalue weighted by Gasteiger charge is 2.41.